The third kappa shape index (κ3) is 8.44. The predicted octanol–water partition coefficient (Wildman–Crippen LogP) is 7.51. The fraction of sp³-hybridized carbons (Fsp3) is 0.545. The highest BCUT2D eigenvalue weighted by Crippen LogP contribution is 2.38. The van der Waals surface area contributed by atoms with Gasteiger partial charge < -0.3 is 24.2 Å². The summed E-state index contributed by atoms with van der Waals surface area (Å²) in [6.07, 6.45) is 0.119. The van der Waals surface area contributed by atoms with E-state index in [2.05, 4.69) is 15.0 Å². The number of aliphatic carboxylic acids is 1. The maximum atomic E-state index is 13.8. The number of carbonyl (C=O) groups is 2. The third-order valence-electron chi connectivity index (χ3n) is 9.44. The molecule has 1 saturated heterocycles. The van der Waals surface area contributed by atoms with Crippen LogP contribution in [0, 0.1) is 5.92 Å². The molecule has 2 fully saturated rings. The van der Waals surface area contributed by atoms with Crippen molar-refractivity contribution in [2.45, 2.75) is 108 Å². The van der Waals surface area contributed by atoms with Crippen LogP contribution in [0.4, 0.5) is 37.1 Å². The summed E-state index contributed by atoms with van der Waals surface area (Å²) in [5.74, 6) is -1.23. The molecule has 1 N–H and O–H groups in total. The van der Waals surface area contributed by atoms with Gasteiger partial charge in [-0.3, -0.25) is 4.79 Å². The van der Waals surface area contributed by atoms with Crippen molar-refractivity contribution in [3.8, 4) is 5.69 Å². The van der Waals surface area contributed by atoms with E-state index in [1.54, 1.807) is 26.8 Å². The van der Waals surface area contributed by atoms with Crippen LogP contribution in [0.25, 0.3) is 5.69 Å². The van der Waals surface area contributed by atoms with E-state index >= 15 is 0 Å². The van der Waals surface area contributed by atoms with E-state index in [1.807, 2.05) is 13.8 Å². The summed E-state index contributed by atoms with van der Waals surface area (Å²) in [6.45, 7) is 3.43. The number of ether oxygens (including phenoxy) is 1. The molecule has 1 saturated carbocycles. The van der Waals surface area contributed by atoms with Gasteiger partial charge in [0.05, 0.1) is 41.5 Å². The molecule has 0 radical (unpaired) electrons. The molecule has 49 heavy (non-hydrogen) atoms. The number of nitrogens with zero attached hydrogens (tertiary/aromatic N) is 6. The Balaban J connectivity index is 1.45. The second-order valence-corrected chi connectivity index (χ2v) is 12.6. The number of hydrogen-bond acceptors (Lipinski definition) is 7. The van der Waals surface area contributed by atoms with Gasteiger partial charge in [-0.25, -0.2) is 19.7 Å². The zero-order valence-corrected chi connectivity index (χ0v) is 27.0. The van der Waals surface area contributed by atoms with Crippen LogP contribution in [-0.4, -0.2) is 65.8 Å². The van der Waals surface area contributed by atoms with Crippen LogP contribution < -0.4 is 4.90 Å². The van der Waals surface area contributed by atoms with E-state index in [4.69, 9.17) is 4.74 Å². The molecule has 1 aliphatic heterocycles. The van der Waals surface area contributed by atoms with Gasteiger partial charge in [-0.05, 0) is 75.1 Å². The molecule has 0 bridgehead atoms. The third-order valence-corrected chi connectivity index (χ3v) is 9.44. The minimum atomic E-state index is -5.01. The molecule has 2 aromatic heterocycles. The van der Waals surface area contributed by atoms with E-state index in [0.29, 0.717) is 69.2 Å². The van der Waals surface area contributed by atoms with Crippen molar-refractivity contribution in [3.63, 3.8) is 0 Å². The Hall–Kier alpha value is -4.37. The van der Waals surface area contributed by atoms with Crippen LogP contribution in [0.3, 0.4) is 0 Å². The molecule has 2 aliphatic rings. The number of piperidine rings is 1. The fourth-order valence-electron chi connectivity index (χ4n) is 6.84. The summed E-state index contributed by atoms with van der Waals surface area (Å²) < 4.78 is 90.2. The zero-order chi connectivity index (χ0) is 35.5. The van der Waals surface area contributed by atoms with Crippen molar-refractivity contribution in [1.29, 1.82) is 0 Å². The van der Waals surface area contributed by atoms with Gasteiger partial charge in [0.1, 0.15) is 6.10 Å². The SMILES string of the molecule is CC[C@@H]1C[C@H](N(Cc2cc(C(F)(F)F)cc(C(F)(F)F)c2)c2ncc(-n3ccnc3)cn2)C[C@H](CC)N1C(=O)O[C@H]1CC[C@H](C(=O)O)CC1. The first kappa shape index (κ1) is 35.9. The van der Waals surface area contributed by atoms with Crippen LogP contribution in [0.2, 0.25) is 0 Å². The summed E-state index contributed by atoms with van der Waals surface area (Å²) in [5, 5.41) is 9.31. The van der Waals surface area contributed by atoms with Crippen LogP contribution >= 0.6 is 0 Å². The standard InChI is InChI=1S/C33H38F6N6O4/c1-3-24-14-26(15-25(4-2)45(24)31(48)49-28-7-5-21(6-8-28)29(46)47)44(30-41-16-27(17-42-30)43-10-9-40-19-43)18-20-11-22(32(34,35)36)13-23(12-20)33(37,38)39/h9-13,16-17,19,21,24-26,28H,3-8,14-15,18H2,1-2H3,(H,46,47)/t21-,24-,25+,26+,28-. The van der Waals surface area contributed by atoms with Crippen molar-refractivity contribution in [2.75, 3.05) is 4.90 Å². The number of hydrogen-bond donors (Lipinski definition) is 1. The second kappa shape index (κ2) is 14.6. The highest BCUT2D eigenvalue weighted by Gasteiger charge is 2.42. The monoisotopic (exact) mass is 696 g/mol. The van der Waals surface area contributed by atoms with E-state index < -0.39 is 53.6 Å². The van der Waals surface area contributed by atoms with Gasteiger partial charge in [0.2, 0.25) is 5.95 Å². The van der Waals surface area contributed by atoms with E-state index in [-0.39, 0.29) is 36.2 Å². The Bertz CT molecular complexity index is 1530. The molecule has 16 heteroatoms. The predicted molar refractivity (Wildman–Crippen MR) is 165 cm³/mol. The first-order valence-electron chi connectivity index (χ1n) is 16.2. The van der Waals surface area contributed by atoms with Crippen molar-refractivity contribution in [3.05, 3.63) is 66.0 Å². The number of alkyl halides is 6. The Labute approximate surface area is 279 Å². The average molecular weight is 697 g/mol. The number of carboxylic acids is 1. The van der Waals surface area contributed by atoms with Crippen LogP contribution in [-0.2, 0) is 28.4 Å². The summed E-state index contributed by atoms with van der Waals surface area (Å²) >= 11 is 0. The highest BCUT2D eigenvalue weighted by atomic mass is 19.4. The molecule has 5 rings (SSSR count). The molecule has 0 spiro atoms. The molecule has 1 aromatic carbocycles. The van der Waals surface area contributed by atoms with E-state index in [0.717, 1.165) is 0 Å². The number of aromatic nitrogens is 4. The number of rotatable bonds is 9. The minimum Gasteiger partial charge on any atom is -0.481 e. The van der Waals surface area contributed by atoms with Crippen LogP contribution in [0.5, 0.6) is 0 Å². The van der Waals surface area contributed by atoms with Crippen LogP contribution in [0.1, 0.15) is 81.9 Å². The lowest BCUT2D eigenvalue weighted by molar-refractivity contribution is -0.144. The number of anilines is 1. The van der Waals surface area contributed by atoms with Gasteiger partial charge >= 0.3 is 24.4 Å². The summed E-state index contributed by atoms with van der Waals surface area (Å²) in [7, 11) is 0. The number of likely N-dealkylation sites (tertiary alicyclic amines) is 1. The topological polar surface area (TPSA) is 114 Å². The number of halogens is 6. The Morgan fingerprint density at radius 1 is 0.918 bits per heavy atom. The molecular formula is C33H38F6N6O4. The molecule has 1 aliphatic carbocycles. The van der Waals surface area contributed by atoms with Crippen molar-refractivity contribution in [1.82, 2.24) is 24.4 Å². The molecule has 3 aromatic rings. The first-order chi connectivity index (χ1) is 23.2. The maximum Gasteiger partial charge on any atom is 0.416 e. The van der Waals surface area contributed by atoms with Crippen LogP contribution in [0.15, 0.2) is 49.3 Å². The van der Waals surface area contributed by atoms with Crippen molar-refractivity contribution in [2.24, 2.45) is 5.92 Å². The molecular weight excluding hydrogens is 658 g/mol. The largest absolute Gasteiger partial charge is 0.481 e. The quantitative estimate of drug-likeness (QED) is 0.229. The fourth-order valence-corrected chi connectivity index (χ4v) is 6.84. The number of benzene rings is 1. The first-order valence-corrected chi connectivity index (χ1v) is 16.2. The minimum absolute atomic E-state index is 0.0999. The van der Waals surface area contributed by atoms with E-state index in [9.17, 15) is 41.0 Å². The second-order valence-electron chi connectivity index (χ2n) is 12.6. The van der Waals surface area contributed by atoms with Crippen molar-refractivity contribution >= 4 is 18.0 Å². The number of amides is 1. The van der Waals surface area contributed by atoms with Gasteiger partial charge in [0.25, 0.3) is 0 Å². The Morgan fingerprint density at radius 3 is 1.96 bits per heavy atom. The lowest BCUT2D eigenvalue weighted by atomic mass is 9.87. The highest BCUT2D eigenvalue weighted by molar-refractivity contribution is 5.70. The normalized spacial score (nSPS) is 23.3. The Morgan fingerprint density at radius 2 is 1.49 bits per heavy atom. The summed E-state index contributed by atoms with van der Waals surface area (Å²) in [5.41, 5.74) is -2.50. The summed E-state index contributed by atoms with van der Waals surface area (Å²) in [6, 6.07) is 0.318. The van der Waals surface area contributed by atoms with Gasteiger partial charge in [0, 0.05) is 37.1 Å². The molecule has 3 atom stereocenters. The van der Waals surface area contributed by atoms with Gasteiger partial charge in [-0.1, -0.05) is 13.8 Å². The average Bonchev–Trinajstić information content (AvgIpc) is 3.61. The molecule has 10 nitrogen and oxygen atoms in total. The van der Waals surface area contributed by atoms with Gasteiger partial charge in [0.15, 0.2) is 0 Å². The van der Waals surface area contributed by atoms with Gasteiger partial charge in [-0.15, -0.1) is 0 Å². The molecule has 1 amide bonds. The maximum absolute atomic E-state index is 13.8. The smallest absolute Gasteiger partial charge is 0.416 e. The molecule has 0 unspecified atom stereocenters. The molecule has 266 valence electrons. The number of carbonyl (C=O) groups excluding carboxylic acids is 1. The molecule has 3 heterocycles. The van der Waals surface area contributed by atoms with Crippen molar-refractivity contribution < 1.29 is 45.8 Å². The number of carboxylic acid groups (broad SMARTS) is 1. The summed E-state index contributed by atoms with van der Waals surface area (Å²) in [4.78, 5) is 41.2. The lowest BCUT2D eigenvalue weighted by Gasteiger charge is -2.47. The number of imidazole rings is 1. The van der Waals surface area contributed by atoms with Gasteiger partial charge in [-0.2, -0.15) is 26.3 Å². The zero-order valence-electron chi connectivity index (χ0n) is 27.0. The lowest BCUT2D eigenvalue weighted by Crippen LogP contribution is -2.57. The Kier molecular flexibility index (Phi) is 10.7. The van der Waals surface area contributed by atoms with E-state index in [1.165, 1.54) is 18.7 Å².